The lowest BCUT2D eigenvalue weighted by atomic mass is 10.1. The second-order valence-corrected chi connectivity index (χ2v) is 5.94. The van der Waals surface area contributed by atoms with E-state index in [0.717, 1.165) is 48.7 Å². The third-order valence-corrected chi connectivity index (χ3v) is 4.37. The van der Waals surface area contributed by atoms with E-state index in [1.54, 1.807) is 6.20 Å². The highest BCUT2D eigenvalue weighted by atomic mass is 16.2. The van der Waals surface area contributed by atoms with Gasteiger partial charge in [-0.25, -0.2) is 4.98 Å². The summed E-state index contributed by atoms with van der Waals surface area (Å²) in [5, 5.41) is 0. The van der Waals surface area contributed by atoms with Gasteiger partial charge in [0.25, 0.3) is 5.91 Å². The van der Waals surface area contributed by atoms with Crippen LogP contribution in [0.4, 0.5) is 0 Å². The van der Waals surface area contributed by atoms with E-state index in [2.05, 4.69) is 4.98 Å². The van der Waals surface area contributed by atoms with Crippen molar-refractivity contribution < 1.29 is 4.79 Å². The Bertz CT molecular complexity index is 669. The molecule has 1 amide bonds. The first-order valence-electron chi connectivity index (χ1n) is 7.73. The molecule has 5 heteroatoms. The van der Waals surface area contributed by atoms with Crippen LogP contribution in [-0.2, 0) is 0 Å². The summed E-state index contributed by atoms with van der Waals surface area (Å²) < 4.78 is 2.03. The lowest BCUT2D eigenvalue weighted by Crippen LogP contribution is -2.42. The SMILES string of the molecule is Cc1cc(C(=O)N2CCC(N)CC2)c(C)n1-c1ccccn1. The fraction of sp³-hybridized carbons (Fsp3) is 0.412. The molecule has 1 aliphatic rings. The van der Waals surface area contributed by atoms with Crippen molar-refractivity contribution in [3.63, 3.8) is 0 Å². The van der Waals surface area contributed by atoms with Gasteiger partial charge in [0.2, 0.25) is 0 Å². The van der Waals surface area contributed by atoms with Crippen LogP contribution in [-0.4, -0.2) is 39.5 Å². The Morgan fingerprint density at radius 3 is 2.64 bits per heavy atom. The second kappa shape index (κ2) is 5.93. The van der Waals surface area contributed by atoms with Crippen molar-refractivity contribution in [1.82, 2.24) is 14.5 Å². The van der Waals surface area contributed by atoms with Crippen molar-refractivity contribution in [3.8, 4) is 5.82 Å². The zero-order chi connectivity index (χ0) is 15.7. The smallest absolute Gasteiger partial charge is 0.255 e. The van der Waals surface area contributed by atoms with Crippen molar-refractivity contribution >= 4 is 5.91 Å². The molecule has 2 N–H and O–H groups in total. The van der Waals surface area contributed by atoms with Crippen molar-refractivity contribution in [2.24, 2.45) is 5.73 Å². The molecule has 2 aromatic rings. The normalized spacial score (nSPS) is 16.0. The molecular weight excluding hydrogens is 276 g/mol. The average Bonchev–Trinajstić information content (AvgIpc) is 2.83. The number of nitrogens with zero attached hydrogens (tertiary/aromatic N) is 3. The van der Waals surface area contributed by atoms with Crippen molar-refractivity contribution in [1.29, 1.82) is 0 Å². The van der Waals surface area contributed by atoms with E-state index in [1.165, 1.54) is 0 Å². The third kappa shape index (κ3) is 2.64. The summed E-state index contributed by atoms with van der Waals surface area (Å²) in [5.41, 5.74) is 8.64. The number of aryl methyl sites for hydroxylation is 1. The lowest BCUT2D eigenvalue weighted by molar-refractivity contribution is 0.0714. The van der Waals surface area contributed by atoms with Crippen LogP contribution in [0.3, 0.4) is 0 Å². The van der Waals surface area contributed by atoms with E-state index >= 15 is 0 Å². The van der Waals surface area contributed by atoms with E-state index in [1.807, 2.05) is 47.6 Å². The summed E-state index contributed by atoms with van der Waals surface area (Å²) in [6.45, 7) is 5.47. The Balaban J connectivity index is 1.91. The first-order valence-corrected chi connectivity index (χ1v) is 7.73. The maximum atomic E-state index is 12.8. The Hall–Kier alpha value is -2.14. The lowest BCUT2D eigenvalue weighted by Gasteiger charge is -2.30. The van der Waals surface area contributed by atoms with Crippen LogP contribution in [0.5, 0.6) is 0 Å². The highest BCUT2D eigenvalue weighted by molar-refractivity contribution is 5.96. The summed E-state index contributed by atoms with van der Waals surface area (Å²) in [6.07, 6.45) is 3.52. The molecule has 0 aromatic carbocycles. The monoisotopic (exact) mass is 298 g/mol. The summed E-state index contributed by atoms with van der Waals surface area (Å²) >= 11 is 0. The van der Waals surface area contributed by atoms with Gasteiger partial charge in [-0.3, -0.25) is 4.79 Å². The van der Waals surface area contributed by atoms with Crippen molar-refractivity contribution in [3.05, 3.63) is 47.4 Å². The predicted molar refractivity (Wildman–Crippen MR) is 86.2 cm³/mol. The maximum absolute atomic E-state index is 12.8. The number of amides is 1. The first kappa shape index (κ1) is 14.8. The van der Waals surface area contributed by atoms with E-state index in [0.29, 0.717) is 0 Å². The first-order chi connectivity index (χ1) is 10.6. The van der Waals surface area contributed by atoms with E-state index in [9.17, 15) is 4.79 Å². The number of pyridine rings is 1. The molecule has 116 valence electrons. The fourth-order valence-electron chi connectivity index (χ4n) is 3.09. The number of carbonyl (C=O) groups excluding carboxylic acids is 1. The molecule has 2 aromatic heterocycles. The number of nitrogens with two attached hydrogens (primary N) is 1. The molecular formula is C17H22N4O. The van der Waals surface area contributed by atoms with Gasteiger partial charge in [0, 0.05) is 36.7 Å². The van der Waals surface area contributed by atoms with Crippen molar-refractivity contribution in [2.45, 2.75) is 32.7 Å². The Labute approximate surface area is 130 Å². The number of piperidine rings is 1. The maximum Gasteiger partial charge on any atom is 0.255 e. The highest BCUT2D eigenvalue weighted by Gasteiger charge is 2.25. The summed E-state index contributed by atoms with van der Waals surface area (Å²) in [7, 11) is 0. The Morgan fingerprint density at radius 1 is 1.27 bits per heavy atom. The summed E-state index contributed by atoms with van der Waals surface area (Å²) in [6, 6.07) is 7.98. The second-order valence-electron chi connectivity index (χ2n) is 5.94. The molecule has 1 fully saturated rings. The average molecular weight is 298 g/mol. The highest BCUT2D eigenvalue weighted by Crippen LogP contribution is 2.22. The van der Waals surface area contributed by atoms with Crippen LogP contribution >= 0.6 is 0 Å². The van der Waals surface area contributed by atoms with Crippen LogP contribution < -0.4 is 5.73 Å². The van der Waals surface area contributed by atoms with Crippen LogP contribution in [0.15, 0.2) is 30.5 Å². The molecule has 22 heavy (non-hydrogen) atoms. The van der Waals surface area contributed by atoms with Gasteiger partial charge in [0.05, 0.1) is 5.56 Å². The zero-order valence-electron chi connectivity index (χ0n) is 13.1. The van der Waals surface area contributed by atoms with Gasteiger partial charge in [0.15, 0.2) is 0 Å². The van der Waals surface area contributed by atoms with Crippen LogP contribution in [0.1, 0.15) is 34.6 Å². The van der Waals surface area contributed by atoms with Crippen LogP contribution in [0, 0.1) is 13.8 Å². The van der Waals surface area contributed by atoms with Gasteiger partial charge in [0.1, 0.15) is 5.82 Å². The number of carbonyl (C=O) groups is 1. The molecule has 0 unspecified atom stereocenters. The fourth-order valence-corrected chi connectivity index (χ4v) is 3.09. The molecule has 5 nitrogen and oxygen atoms in total. The van der Waals surface area contributed by atoms with Gasteiger partial charge in [-0.2, -0.15) is 0 Å². The van der Waals surface area contributed by atoms with E-state index in [4.69, 9.17) is 5.73 Å². The minimum Gasteiger partial charge on any atom is -0.338 e. The summed E-state index contributed by atoms with van der Waals surface area (Å²) in [4.78, 5) is 19.1. The summed E-state index contributed by atoms with van der Waals surface area (Å²) in [5.74, 6) is 0.944. The van der Waals surface area contributed by atoms with Crippen LogP contribution in [0.2, 0.25) is 0 Å². The van der Waals surface area contributed by atoms with E-state index < -0.39 is 0 Å². The molecule has 1 saturated heterocycles. The standard InChI is InChI=1S/C17H22N4O/c1-12-11-15(17(22)20-9-6-14(18)7-10-20)13(2)21(12)16-5-3-4-8-19-16/h3-5,8,11,14H,6-7,9-10,18H2,1-2H3. The van der Waals surface area contributed by atoms with Gasteiger partial charge >= 0.3 is 0 Å². The largest absolute Gasteiger partial charge is 0.338 e. The molecule has 0 radical (unpaired) electrons. The number of rotatable bonds is 2. The molecule has 0 saturated carbocycles. The molecule has 1 aliphatic heterocycles. The van der Waals surface area contributed by atoms with Crippen molar-refractivity contribution in [2.75, 3.05) is 13.1 Å². The quantitative estimate of drug-likeness (QED) is 0.923. The molecule has 0 atom stereocenters. The minimum atomic E-state index is 0.0992. The topological polar surface area (TPSA) is 64.2 Å². The molecule has 3 rings (SSSR count). The molecule has 0 aliphatic carbocycles. The predicted octanol–water partition coefficient (Wildman–Crippen LogP) is 2.05. The molecule has 0 spiro atoms. The van der Waals surface area contributed by atoms with Gasteiger partial charge < -0.3 is 15.2 Å². The third-order valence-electron chi connectivity index (χ3n) is 4.37. The molecule has 3 heterocycles. The Kier molecular flexibility index (Phi) is 3.98. The zero-order valence-corrected chi connectivity index (χ0v) is 13.1. The minimum absolute atomic E-state index is 0.0992. The molecule has 0 bridgehead atoms. The number of hydrogen-bond acceptors (Lipinski definition) is 3. The van der Waals surface area contributed by atoms with Gasteiger partial charge in [-0.1, -0.05) is 6.07 Å². The van der Waals surface area contributed by atoms with E-state index in [-0.39, 0.29) is 11.9 Å². The van der Waals surface area contributed by atoms with Gasteiger partial charge in [-0.05, 0) is 44.9 Å². The Morgan fingerprint density at radius 2 is 2.00 bits per heavy atom. The van der Waals surface area contributed by atoms with Gasteiger partial charge in [-0.15, -0.1) is 0 Å². The number of likely N-dealkylation sites (tertiary alicyclic amines) is 1. The van der Waals surface area contributed by atoms with Crippen LogP contribution in [0.25, 0.3) is 5.82 Å². The number of hydrogen-bond donors (Lipinski definition) is 1. The number of aromatic nitrogens is 2.